The Balaban J connectivity index is 2.22. The molecule has 2 nitrogen and oxygen atoms in total. The molecule has 0 aliphatic rings. The average Bonchev–Trinajstić information content (AvgIpc) is 2.25. The number of nitrogen functional groups attached to an aromatic ring is 1. The van der Waals surface area contributed by atoms with E-state index in [0.717, 1.165) is 0 Å². The summed E-state index contributed by atoms with van der Waals surface area (Å²) in [5.41, 5.74) is 5.46. The third-order valence-corrected chi connectivity index (χ3v) is 1.90. The van der Waals surface area contributed by atoms with Gasteiger partial charge in [0.1, 0.15) is 17.3 Å². The van der Waals surface area contributed by atoms with E-state index in [4.69, 9.17) is 10.5 Å². The van der Waals surface area contributed by atoms with Gasteiger partial charge in [0.15, 0.2) is 0 Å². The number of ether oxygens (including phenoxy) is 1. The van der Waals surface area contributed by atoms with Crippen LogP contribution in [0.5, 0.6) is 11.5 Å². The fraction of sp³-hybridized carbons (Fsp3) is 0. The molecule has 0 unspecified atom stereocenters. The number of anilines is 1. The maximum atomic E-state index is 13.1. The van der Waals surface area contributed by atoms with Gasteiger partial charge in [0.25, 0.3) is 0 Å². The fourth-order valence-corrected chi connectivity index (χ4v) is 1.15. The topological polar surface area (TPSA) is 35.2 Å². The third kappa shape index (κ3) is 2.26. The second-order valence-corrected chi connectivity index (χ2v) is 3.02. The van der Waals surface area contributed by atoms with Crippen molar-refractivity contribution in [2.75, 3.05) is 5.73 Å². The number of halogens is 1. The van der Waals surface area contributed by atoms with Gasteiger partial charge >= 0.3 is 0 Å². The van der Waals surface area contributed by atoms with Crippen LogP contribution in [0, 0.1) is 11.9 Å². The minimum atomic E-state index is -0.477. The molecule has 0 spiro atoms. The van der Waals surface area contributed by atoms with Crippen molar-refractivity contribution >= 4 is 5.69 Å². The van der Waals surface area contributed by atoms with Crippen molar-refractivity contribution in [1.82, 2.24) is 0 Å². The van der Waals surface area contributed by atoms with Crippen LogP contribution >= 0.6 is 0 Å². The SMILES string of the molecule is Nc1ccc(Oc2cc[c]cc2)cc1F. The first kappa shape index (κ1) is 9.52. The lowest BCUT2D eigenvalue weighted by Gasteiger charge is -2.05. The third-order valence-electron chi connectivity index (χ3n) is 1.90. The van der Waals surface area contributed by atoms with Gasteiger partial charge in [-0.05, 0) is 30.3 Å². The smallest absolute Gasteiger partial charge is 0.149 e. The van der Waals surface area contributed by atoms with Crippen molar-refractivity contribution in [2.45, 2.75) is 0 Å². The van der Waals surface area contributed by atoms with Gasteiger partial charge in [0.2, 0.25) is 0 Å². The molecule has 2 rings (SSSR count). The van der Waals surface area contributed by atoms with Crippen LogP contribution in [0.4, 0.5) is 10.1 Å². The second-order valence-electron chi connectivity index (χ2n) is 3.02. The Bertz CT molecular complexity index is 456. The molecule has 0 bridgehead atoms. The van der Waals surface area contributed by atoms with E-state index in [2.05, 4.69) is 6.07 Å². The first-order chi connectivity index (χ1) is 7.25. The predicted molar refractivity (Wildman–Crippen MR) is 56.2 cm³/mol. The van der Waals surface area contributed by atoms with Crippen molar-refractivity contribution in [3.63, 3.8) is 0 Å². The molecule has 0 aromatic heterocycles. The lowest BCUT2D eigenvalue weighted by molar-refractivity contribution is 0.477. The molecule has 0 aliphatic carbocycles. The number of benzene rings is 2. The minimum Gasteiger partial charge on any atom is -0.457 e. The van der Waals surface area contributed by atoms with Gasteiger partial charge in [0, 0.05) is 6.07 Å². The van der Waals surface area contributed by atoms with Crippen LogP contribution in [0.2, 0.25) is 0 Å². The lowest BCUT2D eigenvalue weighted by atomic mass is 10.3. The van der Waals surface area contributed by atoms with E-state index in [1.165, 1.54) is 12.1 Å². The van der Waals surface area contributed by atoms with Gasteiger partial charge in [-0.15, -0.1) is 0 Å². The number of rotatable bonds is 2. The number of hydrogen-bond donors (Lipinski definition) is 1. The normalized spacial score (nSPS) is 9.93. The van der Waals surface area contributed by atoms with Crippen LogP contribution in [0.3, 0.4) is 0 Å². The molecule has 75 valence electrons. The minimum absolute atomic E-state index is 0.115. The Kier molecular flexibility index (Phi) is 2.54. The van der Waals surface area contributed by atoms with Crippen molar-refractivity contribution in [1.29, 1.82) is 0 Å². The van der Waals surface area contributed by atoms with E-state index < -0.39 is 5.82 Å². The zero-order chi connectivity index (χ0) is 10.7. The monoisotopic (exact) mass is 202 g/mol. The summed E-state index contributed by atoms with van der Waals surface area (Å²) in [6, 6.07) is 14.2. The summed E-state index contributed by atoms with van der Waals surface area (Å²) in [5, 5.41) is 0. The number of nitrogens with two attached hydrogens (primary N) is 1. The summed E-state index contributed by atoms with van der Waals surface area (Å²) in [5.74, 6) is 0.584. The molecule has 0 amide bonds. The molecule has 0 aliphatic heterocycles. The van der Waals surface area contributed by atoms with E-state index in [9.17, 15) is 4.39 Å². The van der Waals surface area contributed by atoms with Crippen molar-refractivity contribution < 1.29 is 9.13 Å². The summed E-state index contributed by atoms with van der Waals surface area (Å²) in [6.45, 7) is 0. The van der Waals surface area contributed by atoms with Crippen LogP contribution < -0.4 is 10.5 Å². The first-order valence-electron chi connectivity index (χ1n) is 4.45. The Labute approximate surface area is 87.1 Å². The second kappa shape index (κ2) is 4.00. The van der Waals surface area contributed by atoms with Crippen LogP contribution in [-0.2, 0) is 0 Å². The molecule has 0 atom stereocenters. The van der Waals surface area contributed by atoms with Crippen molar-refractivity contribution in [3.8, 4) is 11.5 Å². The van der Waals surface area contributed by atoms with Crippen molar-refractivity contribution in [3.05, 3.63) is 54.3 Å². The molecule has 2 N–H and O–H groups in total. The highest BCUT2D eigenvalue weighted by Gasteiger charge is 2.01. The van der Waals surface area contributed by atoms with E-state index in [0.29, 0.717) is 11.5 Å². The van der Waals surface area contributed by atoms with Gasteiger partial charge < -0.3 is 10.5 Å². The molecule has 0 heterocycles. The number of hydrogen-bond acceptors (Lipinski definition) is 2. The zero-order valence-corrected chi connectivity index (χ0v) is 7.91. The Hall–Kier alpha value is -2.03. The van der Waals surface area contributed by atoms with Crippen LogP contribution in [-0.4, -0.2) is 0 Å². The summed E-state index contributed by atoms with van der Waals surface area (Å²) in [6.07, 6.45) is 0. The molecular formula is C12H9FNO. The molecule has 2 aromatic rings. The highest BCUT2D eigenvalue weighted by molar-refractivity contribution is 5.44. The Morgan fingerprint density at radius 2 is 1.80 bits per heavy atom. The van der Waals surface area contributed by atoms with Crippen molar-refractivity contribution in [2.24, 2.45) is 0 Å². The predicted octanol–water partition coefficient (Wildman–Crippen LogP) is 3.00. The maximum absolute atomic E-state index is 13.1. The molecule has 2 aromatic carbocycles. The molecule has 15 heavy (non-hydrogen) atoms. The molecule has 0 saturated carbocycles. The fourth-order valence-electron chi connectivity index (χ4n) is 1.15. The van der Waals surface area contributed by atoms with Gasteiger partial charge in [-0.2, -0.15) is 0 Å². The molecule has 1 radical (unpaired) electrons. The summed E-state index contributed by atoms with van der Waals surface area (Å²) >= 11 is 0. The van der Waals surface area contributed by atoms with Gasteiger partial charge in [-0.1, -0.05) is 12.1 Å². The van der Waals surface area contributed by atoms with Crippen LogP contribution in [0.25, 0.3) is 0 Å². The van der Waals surface area contributed by atoms with E-state index in [1.54, 1.807) is 30.3 Å². The van der Waals surface area contributed by atoms with Crippen LogP contribution in [0.15, 0.2) is 42.5 Å². The summed E-state index contributed by atoms with van der Waals surface area (Å²) in [4.78, 5) is 0. The average molecular weight is 202 g/mol. The Morgan fingerprint density at radius 3 is 2.47 bits per heavy atom. The summed E-state index contributed by atoms with van der Waals surface area (Å²) < 4.78 is 18.5. The van der Waals surface area contributed by atoms with Gasteiger partial charge in [-0.25, -0.2) is 4.39 Å². The molecular weight excluding hydrogens is 193 g/mol. The highest BCUT2D eigenvalue weighted by Crippen LogP contribution is 2.23. The quantitative estimate of drug-likeness (QED) is 0.760. The largest absolute Gasteiger partial charge is 0.457 e. The van der Waals surface area contributed by atoms with Gasteiger partial charge in [-0.3, -0.25) is 0 Å². The zero-order valence-electron chi connectivity index (χ0n) is 7.91. The molecule has 0 fully saturated rings. The van der Waals surface area contributed by atoms with Crippen LogP contribution in [0.1, 0.15) is 0 Å². The van der Waals surface area contributed by atoms with E-state index >= 15 is 0 Å². The standard InChI is InChI=1S/C12H9FNO/c13-11-8-10(6-7-12(11)14)15-9-4-2-1-3-5-9/h2-8H,14H2. The van der Waals surface area contributed by atoms with E-state index in [-0.39, 0.29) is 5.69 Å². The highest BCUT2D eigenvalue weighted by atomic mass is 19.1. The lowest BCUT2D eigenvalue weighted by Crippen LogP contribution is -1.91. The van der Waals surface area contributed by atoms with E-state index in [1.807, 2.05) is 0 Å². The molecule has 3 heteroatoms. The summed E-state index contributed by atoms with van der Waals surface area (Å²) in [7, 11) is 0. The molecule has 0 saturated heterocycles. The van der Waals surface area contributed by atoms with Gasteiger partial charge in [0.05, 0.1) is 5.69 Å². The Morgan fingerprint density at radius 1 is 1.07 bits per heavy atom. The maximum Gasteiger partial charge on any atom is 0.149 e. The first-order valence-corrected chi connectivity index (χ1v) is 4.45.